The largest absolute Gasteiger partial charge is 0.423 e. The third-order valence-corrected chi connectivity index (χ3v) is 5.16. The highest BCUT2D eigenvalue weighted by atomic mass is 79.9. The topological polar surface area (TPSA) is 43.1 Å². The van der Waals surface area contributed by atoms with Gasteiger partial charge in [0, 0.05) is 26.9 Å². The predicted molar refractivity (Wildman–Crippen MR) is 98.3 cm³/mol. The van der Waals surface area contributed by atoms with Gasteiger partial charge >= 0.3 is 5.63 Å². The summed E-state index contributed by atoms with van der Waals surface area (Å²) in [7, 11) is 0. The van der Waals surface area contributed by atoms with Gasteiger partial charge in [-0.25, -0.2) is 9.78 Å². The van der Waals surface area contributed by atoms with Crippen LogP contribution in [0.25, 0.3) is 33.1 Å². The molecule has 0 N–H and O–H groups in total. The third-order valence-electron chi connectivity index (χ3n) is 4.67. The summed E-state index contributed by atoms with van der Waals surface area (Å²) >= 11 is 3.56. The maximum Gasteiger partial charge on any atom is 0.336 e. The van der Waals surface area contributed by atoms with Crippen LogP contribution in [0.4, 0.5) is 0 Å². The molecule has 3 nitrogen and oxygen atoms in total. The Morgan fingerprint density at radius 1 is 0.917 bits per heavy atom. The smallest absolute Gasteiger partial charge is 0.336 e. The minimum Gasteiger partial charge on any atom is -0.423 e. The van der Waals surface area contributed by atoms with Crippen LogP contribution in [0.15, 0.2) is 62.2 Å². The SMILES string of the molecule is O=c1ccc2c(ccc3nc4c(cc32)CCc2ccc(Br)cc2-4)o1. The average Bonchev–Trinajstić information content (AvgIpc) is 2.59. The van der Waals surface area contributed by atoms with E-state index in [0.717, 1.165) is 39.3 Å². The number of hydrogen-bond donors (Lipinski definition) is 0. The van der Waals surface area contributed by atoms with Gasteiger partial charge in [0.05, 0.1) is 11.2 Å². The Hall–Kier alpha value is -2.46. The molecule has 4 aromatic rings. The van der Waals surface area contributed by atoms with Gasteiger partial charge < -0.3 is 4.42 Å². The van der Waals surface area contributed by atoms with E-state index in [2.05, 4.69) is 40.2 Å². The molecule has 2 aromatic heterocycles. The lowest BCUT2D eigenvalue weighted by Crippen LogP contribution is -2.06. The molecule has 0 aliphatic heterocycles. The van der Waals surface area contributed by atoms with Crippen LogP contribution in [0, 0.1) is 0 Å². The van der Waals surface area contributed by atoms with Crippen LogP contribution in [-0.4, -0.2) is 4.98 Å². The summed E-state index contributed by atoms with van der Waals surface area (Å²) in [4.78, 5) is 16.4. The summed E-state index contributed by atoms with van der Waals surface area (Å²) in [6, 6.07) is 15.6. The first-order valence-electron chi connectivity index (χ1n) is 7.84. The van der Waals surface area contributed by atoms with Crippen molar-refractivity contribution in [1.82, 2.24) is 4.98 Å². The van der Waals surface area contributed by atoms with E-state index in [9.17, 15) is 4.79 Å². The summed E-state index contributed by atoms with van der Waals surface area (Å²) in [6.45, 7) is 0. The van der Waals surface area contributed by atoms with E-state index in [1.807, 2.05) is 18.2 Å². The molecule has 0 saturated heterocycles. The fraction of sp³-hybridized carbons (Fsp3) is 0.100. The molecule has 116 valence electrons. The predicted octanol–water partition coefficient (Wildman–Crippen LogP) is 4.87. The van der Waals surface area contributed by atoms with E-state index in [1.54, 1.807) is 0 Å². The zero-order valence-electron chi connectivity index (χ0n) is 12.7. The van der Waals surface area contributed by atoms with Gasteiger partial charge in [-0.05, 0) is 60.4 Å². The van der Waals surface area contributed by atoms with E-state index < -0.39 is 0 Å². The Balaban J connectivity index is 1.86. The standard InChI is InChI=1S/C20H12BrNO2/c21-13-4-3-11-1-2-12-9-16-14-5-8-19(23)24-18(14)7-6-17(16)22-20(12)15(11)10-13/h3-10H,1-2H2. The Bertz CT molecular complexity index is 1190. The van der Waals surface area contributed by atoms with Crippen molar-refractivity contribution >= 4 is 37.8 Å². The number of nitrogens with zero attached hydrogens (tertiary/aromatic N) is 1. The van der Waals surface area contributed by atoms with Gasteiger partial charge in [-0.15, -0.1) is 0 Å². The lowest BCUT2D eigenvalue weighted by Gasteiger charge is -2.20. The van der Waals surface area contributed by atoms with E-state index in [1.165, 1.54) is 22.8 Å². The second-order valence-electron chi connectivity index (χ2n) is 6.10. The molecule has 1 aliphatic carbocycles. The minimum absolute atomic E-state index is 0.327. The second-order valence-corrected chi connectivity index (χ2v) is 7.01. The van der Waals surface area contributed by atoms with E-state index in [-0.39, 0.29) is 5.63 Å². The maximum atomic E-state index is 11.4. The molecule has 0 atom stereocenters. The molecule has 0 bridgehead atoms. The molecular weight excluding hydrogens is 366 g/mol. The molecule has 0 fully saturated rings. The molecule has 4 heteroatoms. The third kappa shape index (κ3) is 2.03. The van der Waals surface area contributed by atoms with Crippen molar-refractivity contribution in [3.8, 4) is 11.3 Å². The number of halogens is 1. The number of fused-ring (bicyclic) bond motifs is 6. The lowest BCUT2D eigenvalue weighted by atomic mass is 9.88. The van der Waals surface area contributed by atoms with Crippen molar-refractivity contribution < 1.29 is 4.42 Å². The quantitative estimate of drug-likeness (QED) is 0.324. The Kier molecular flexibility index (Phi) is 2.91. The molecule has 24 heavy (non-hydrogen) atoms. The van der Waals surface area contributed by atoms with Gasteiger partial charge in [-0.3, -0.25) is 0 Å². The van der Waals surface area contributed by atoms with Crippen LogP contribution < -0.4 is 5.63 Å². The van der Waals surface area contributed by atoms with E-state index in [4.69, 9.17) is 9.40 Å². The monoisotopic (exact) mass is 377 g/mol. The Labute approximate surface area is 146 Å². The van der Waals surface area contributed by atoms with Crippen LogP contribution >= 0.6 is 15.9 Å². The first-order valence-corrected chi connectivity index (χ1v) is 8.64. The molecule has 0 saturated carbocycles. The second kappa shape index (κ2) is 5.02. The fourth-order valence-electron chi connectivity index (χ4n) is 3.52. The van der Waals surface area contributed by atoms with Crippen LogP contribution in [0.2, 0.25) is 0 Å². The first kappa shape index (κ1) is 13.9. The van der Waals surface area contributed by atoms with E-state index in [0.29, 0.717) is 5.58 Å². The molecule has 2 heterocycles. The fourth-order valence-corrected chi connectivity index (χ4v) is 3.88. The van der Waals surface area contributed by atoms with Crippen molar-refractivity contribution in [3.63, 3.8) is 0 Å². The summed E-state index contributed by atoms with van der Waals surface area (Å²) in [5, 5.41) is 1.97. The Morgan fingerprint density at radius 2 is 1.79 bits per heavy atom. The molecule has 0 amide bonds. The van der Waals surface area contributed by atoms with Gasteiger partial charge in [0.1, 0.15) is 5.58 Å². The first-order chi connectivity index (χ1) is 11.7. The van der Waals surface area contributed by atoms with Crippen molar-refractivity contribution in [2.45, 2.75) is 12.8 Å². The summed E-state index contributed by atoms with van der Waals surface area (Å²) in [5.74, 6) is 0. The number of aromatic nitrogens is 1. The van der Waals surface area contributed by atoms with Gasteiger partial charge in [0.15, 0.2) is 0 Å². The molecular formula is C20H12BrNO2. The van der Waals surface area contributed by atoms with Crippen LogP contribution in [0.1, 0.15) is 11.1 Å². The highest BCUT2D eigenvalue weighted by Crippen LogP contribution is 2.36. The maximum absolute atomic E-state index is 11.4. The molecule has 1 aliphatic rings. The lowest BCUT2D eigenvalue weighted by molar-refractivity contribution is 0.561. The van der Waals surface area contributed by atoms with Crippen molar-refractivity contribution in [2.75, 3.05) is 0 Å². The highest BCUT2D eigenvalue weighted by Gasteiger charge is 2.19. The molecule has 2 aromatic carbocycles. The van der Waals surface area contributed by atoms with Gasteiger partial charge in [-0.1, -0.05) is 22.0 Å². The number of benzene rings is 2. The van der Waals surface area contributed by atoms with Crippen molar-refractivity contribution in [1.29, 1.82) is 0 Å². The van der Waals surface area contributed by atoms with Crippen LogP contribution in [0.3, 0.4) is 0 Å². The highest BCUT2D eigenvalue weighted by molar-refractivity contribution is 9.10. The molecule has 5 rings (SSSR count). The number of rotatable bonds is 0. The zero-order chi connectivity index (χ0) is 16.3. The summed E-state index contributed by atoms with van der Waals surface area (Å²) in [5.41, 5.74) is 6.04. The van der Waals surface area contributed by atoms with Gasteiger partial charge in [0.2, 0.25) is 0 Å². The normalized spacial score (nSPS) is 13.0. The van der Waals surface area contributed by atoms with Crippen LogP contribution in [-0.2, 0) is 12.8 Å². The van der Waals surface area contributed by atoms with Crippen LogP contribution in [0.5, 0.6) is 0 Å². The zero-order valence-corrected chi connectivity index (χ0v) is 14.3. The molecule has 0 spiro atoms. The van der Waals surface area contributed by atoms with Crippen molar-refractivity contribution in [3.05, 3.63) is 74.6 Å². The van der Waals surface area contributed by atoms with Crippen molar-refractivity contribution in [2.24, 2.45) is 0 Å². The number of hydrogen-bond acceptors (Lipinski definition) is 3. The number of aryl methyl sites for hydroxylation is 2. The minimum atomic E-state index is -0.327. The summed E-state index contributed by atoms with van der Waals surface area (Å²) < 4.78 is 6.36. The molecule has 0 unspecified atom stereocenters. The number of pyridine rings is 1. The van der Waals surface area contributed by atoms with Gasteiger partial charge in [0.25, 0.3) is 0 Å². The average molecular weight is 378 g/mol. The van der Waals surface area contributed by atoms with E-state index >= 15 is 0 Å². The molecule has 0 radical (unpaired) electrons. The Morgan fingerprint density at radius 3 is 2.71 bits per heavy atom. The van der Waals surface area contributed by atoms with Gasteiger partial charge in [-0.2, -0.15) is 0 Å². The summed E-state index contributed by atoms with van der Waals surface area (Å²) in [6.07, 6.45) is 1.99.